The van der Waals surface area contributed by atoms with Crippen molar-refractivity contribution in [1.82, 2.24) is 0 Å². The van der Waals surface area contributed by atoms with Crippen LogP contribution < -0.4 is 0 Å². The Hall–Kier alpha value is 0.540. The fourth-order valence-corrected chi connectivity index (χ4v) is 2.77. The van der Waals surface area contributed by atoms with Crippen LogP contribution in [0.1, 0.15) is 99.3 Å². The normalized spacial score (nSPS) is 19.0. The molecule has 2 heteroatoms. The molecule has 2 rings (SSSR count). The third-order valence-electron chi connectivity index (χ3n) is 4.59. The summed E-state index contributed by atoms with van der Waals surface area (Å²) in [6, 6.07) is 0. The van der Waals surface area contributed by atoms with Crippen molar-refractivity contribution in [2.24, 2.45) is 15.2 Å². The fourth-order valence-electron chi connectivity index (χ4n) is 2.26. The minimum Gasteiger partial charge on any atom is -0.346 e. The molecule has 0 bridgehead atoms. The Kier molecular flexibility index (Phi) is 19.5. The van der Waals surface area contributed by atoms with Crippen molar-refractivity contribution >= 4 is 0 Å². The minimum absolute atomic E-state index is 0.258. The largest absolute Gasteiger partial charge is 0.346 e. The van der Waals surface area contributed by atoms with Crippen LogP contribution in [0.3, 0.4) is 0 Å². The van der Waals surface area contributed by atoms with Gasteiger partial charge in [0.25, 0.3) is 0 Å². The second-order valence-corrected chi connectivity index (χ2v) is 8.08. The maximum absolute atomic E-state index is 4.25. The van der Waals surface area contributed by atoms with E-state index in [1.807, 2.05) is 0 Å². The van der Waals surface area contributed by atoms with Crippen molar-refractivity contribution in [1.29, 1.82) is 0 Å². The zero-order valence-corrected chi connectivity index (χ0v) is 20.0. The van der Waals surface area contributed by atoms with E-state index in [1.165, 1.54) is 51.4 Å². The summed E-state index contributed by atoms with van der Waals surface area (Å²) in [6.07, 6.45) is 17.1. The summed E-state index contributed by atoms with van der Waals surface area (Å²) in [4.78, 5) is 0. The summed E-state index contributed by atoms with van der Waals surface area (Å²) in [5, 5.41) is 0. The first-order chi connectivity index (χ1) is 10.9. The van der Waals surface area contributed by atoms with E-state index in [2.05, 4.69) is 57.7 Å². The first-order valence-corrected chi connectivity index (χ1v) is 11.0. The molecule has 0 aromatic heterocycles. The average Bonchev–Trinajstić information content (AvgIpc) is 2.59. The molecule has 0 saturated heterocycles. The van der Waals surface area contributed by atoms with Crippen molar-refractivity contribution in [3.05, 3.63) is 19.8 Å². The van der Waals surface area contributed by atoms with E-state index < -0.39 is 0 Å². The second kappa shape index (κ2) is 17.4. The molecule has 23 heavy (non-hydrogen) atoms. The van der Waals surface area contributed by atoms with Crippen LogP contribution in [-0.2, 0) is 20.9 Å². The maximum Gasteiger partial charge on any atom is -0.194 e. The predicted molar refractivity (Wildman–Crippen MR) is 102 cm³/mol. The van der Waals surface area contributed by atoms with E-state index in [9.17, 15) is 0 Å². The van der Waals surface area contributed by atoms with Crippen LogP contribution >= 0.6 is 0 Å². The molecule has 2 aliphatic carbocycles. The zero-order chi connectivity index (χ0) is 18.1. The van der Waals surface area contributed by atoms with Crippen LogP contribution in [0.25, 0.3) is 0 Å². The quantitative estimate of drug-likeness (QED) is 0.355. The average molecular weight is 490 g/mol. The molecule has 2 saturated carbocycles. The van der Waals surface area contributed by atoms with E-state index in [4.69, 9.17) is 0 Å². The summed E-state index contributed by atoms with van der Waals surface area (Å²) >= 11 is 1.16. The third kappa shape index (κ3) is 18.7. The van der Waals surface area contributed by atoms with Crippen molar-refractivity contribution in [2.45, 2.75) is 105 Å². The predicted octanol–water partition coefficient (Wildman–Crippen LogP) is 7.55. The third-order valence-corrected chi connectivity index (χ3v) is 6.54. The molecule has 0 atom stereocenters. The first-order valence-electron chi connectivity index (χ1n) is 9.61. The molecule has 2 aliphatic rings. The van der Waals surface area contributed by atoms with Crippen molar-refractivity contribution in [2.75, 3.05) is 0 Å². The van der Waals surface area contributed by atoms with Gasteiger partial charge in [-0.1, -0.05) is 39.5 Å². The van der Waals surface area contributed by atoms with Gasteiger partial charge in [0, 0.05) is 0 Å². The van der Waals surface area contributed by atoms with Crippen LogP contribution in [0.5, 0.6) is 0 Å². The van der Waals surface area contributed by atoms with Crippen LogP contribution in [0.15, 0.2) is 3.34 Å². The van der Waals surface area contributed by atoms with Gasteiger partial charge in [-0.05, 0) is 11.8 Å². The smallest absolute Gasteiger partial charge is 0.194 e. The molecular formula is C21H42NTa-3. The van der Waals surface area contributed by atoms with E-state index >= 15 is 0 Å². The van der Waals surface area contributed by atoms with E-state index in [1.54, 1.807) is 6.92 Å². The maximum atomic E-state index is 4.25. The van der Waals surface area contributed by atoms with E-state index in [-0.39, 0.29) is 5.54 Å². The summed E-state index contributed by atoms with van der Waals surface area (Å²) in [7, 11) is 0. The molecule has 0 heterocycles. The Balaban J connectivity index is 0. The van der Waals surface area contributed by atoms with Gasteiger partial charge in [-0.25, -0.2) is 0 Å². The minimum atomic E-state index is 0.258. The van der Waals surface area contributed by atoms with Crippen molar-refractivity contribution in [3.8, 4) is 0 Å². The molecule has 2 fully saturated rings. The zero-order valence-electron chi connectivity index (χ0n) is 16.8. The van der Waals surface area contributed by atoms with E-state index in [0.29, 0.717) is 0 Å². The molecule has 0 aromatic rings. The SMILES string of the molecule is CC1CC[CH-]CC1.CC1CC[CH-]CC1.CCC(C)(C)[N]=[Ta].[CH2-]C. The van der Waals surface area contributed by atoms with Gasteiger partial charge in [-0.2, -0.15) is 32.6 Å². The molecule has 1 nitrogen and oxygen atoms in total. The van der Waals surface area contributed by atoms with Gasteiger partial charge in [0.15, 0.2) is 0 Å². The summed E-state index contributed by atoms with van der Waals surface area (Å²) < 4.78 is 4.25. The number of nitrogens with zero attached hydrogens (tertiary/aromatic N) is 1. The second-order valence-electron chi connectivity index (χ2n) is 7.36. The van der Waals surface area contributed by atoms with Gasteiger partial charge >= 0.3 is 57.0 Å². The van der Waals surface area contributed by atoms with Gasteiger partial charge < -0.3 is 19.8 Å². The number of rotatable bonds is 2. The van der Waals surface area contributed by atoms with Gasteiger partial charge in [0.2, 0.25) is 0 Å². The molecule has 0 radical (unpaired) electrons. The van der Waals surface area contributed by atoms with Crippen LogP contribution in [0.2, 0.25) is 0 Å². The molecular weight excluding hydrogens is 447 g/mol. The van der Waals surface area contributed by atoms with Gasteiger partial charge in [0.05, 0.1) is 0 Å². The molecule has 0 aromatic carbocycles. The number of hydrogen-bond donors (Lipinski definition) is 0. The van der Waals surface area contributed by atoms with Gasteiger partial charge in [-0.15, -0.1) is 0 Å². The van der Waals surface area contributed by atoms with Crippen molar-refractivity contribution in [3.63, 3.8) is 0 Å². The van der Waals surface area contributed by atoms with Crippen LogP contribution in [0.4, 0.5) is 0 Å². The fraction of sp³-hybridized carbons (Fsp3) is 0.857. The number of hydrogen-bond acceptors (Lipinski definition) is 1. The molecule has 0 spiro atoms. The summed E-state index contributed by atoms with van der Waals surface area (Å²) in [6.45, 7) is 16.2. The topological polar surface area (TPSA) is 12.4 Å². The summed E-state index contributed by atoms with van der Waals surface area (Å²) in [5.74, 6) is 2.01. The Morgan fingerprint density at radius 2 is 1.22 bits per heavy atom. The van der Waals surface area contributed by atoms with Crippen LogP contribution in [-0.4, -0.2) is 5.54 Å². The Labute approximate surface area is 160 Å². The van der Waals surface area contributed by atoms with Gasteiger partial charge in [0.1, 0.15) is 0 Å². The first kappa shape index (κ1) is 25.8. The molecule has 0 aliphatic heterocycles. The standard InChI is InChI=1S/2C7H13.C5H11N.C2H5.Ta/c2*1-7-5-3-2-4-6-7;1-4-5(2,3)6;1-2;/h2*2,7H,3-6H2,1H3;4H2,1-3H3;1H2,2H3;/q2*-1;;-1;. The Morgan fingerprint density at radius 1 is 0.913 bits per heavy atom. The van der Waals surface area contributed by atoms with E-state index in [0.717, 1.165) is 39.1 Å². The Morgan fingerprint density at radius 3 is 1.30 bits per heavy atom. The van der Waals surface area contributed by atoms with Crippen LogP contribution in [0, 0.1) is 31.6 Å². The monoisotopic (exact) mass is 489 g/mol. The van der Waals surface area contributed by atoms with Crippen molar-refractivity contribution < 1.29 is 20.9 Å². The van der Waals surface area contributed by atoms with Gasteiger partial charge in [-0.3, -0.25) is 0 Å². The molecule has 0 amide bonds. The Bertz CT molecular complexity index is 222. The molecule has 139 valence electrons. The molecule has 0 unspecified atom stereocenters. The summed E-state index contributed by atoms with van der Waals surface area (Å²) in [5.41, 5.74) is 0.258. The molecule has 0 N–H and O–H groups in total.